The lowest BCUT2D eigenvalue weighted by atomic mass is 10.0. The van der Waals surface area contributed by atoms with Crippen LogP contribution in [0, 0.1) is 0 Å². The molecule has 194 valence electrons. The summed E-state index contributed by atoms with van der Waals surface area (Å²) >= 11 is 6.38. The van der Waals surface area contributed by atoms with Crippen LogP contribution >= 0.6 is 11.6 Å². The number of fused-ring (bicyclic) bond motifs is 2. The van der Waals surface area contributed by atoms with Gasteiger partial charge in [0, 0.05) is 50.0 Å². The van der Waals surface area contributed by atoms with Gasteiger partial charge in [-0.15, -0.1) is 0 Å². The maximum Gasteiger partial charge on any atom is 0.296 e. The van der Waals surface area contributed by atoms with Crippen molar-refractivity contribution in [2.24, 2.45) is 0 Å². The molecule has 2 aromatic carbocycles. The van der Waals surface area contributed by atoms with Crippen molar-refractivity contribution in [2.75, 3.05) is 40.1 Å². The van der Waals surface area contributed by atoms with Crippen molar-refractivity contribution in [3.05, 3.63) is 83.1 Å². The van der Waals surface area contributed by atoms with Crippen molar-refractivity contribution < 1.29 is 23.8 Å². The summed E-state index contributed by atoms with van der Waals surface area (Å²) in [4.78, 5) is 31.1. The number of pyridine rings is 1. The van der Waals surface area contributed by atoms with Gasteiger partial charge in [0.05, 0.1) is 12.1 Å². The highest BCUT2D eigenvalue weighted by molar-refractivity contribution is 6.43. The van der Waals surface area contributed by atoms with Gasteiger partial charge >= 0.3 is 0 Å². The number of methoxy groups -OCH3 is 1. The Hall–Kier alpha value is -4.01. The summed E-state index contributed by atoms with van der Waals surface area (Å²) in [7, 11) is 1.55. The van der Waals surface area contributed by atoms with Gasteiger partial charge in [-0.3, -0.25) is 14.5 Å². The summed E-state index contributed by atoms with van der Waals surface area (Å²) < 4.78 is 17.9. The minimum absolute atomic E-state index is 0.248. The maximum atomic E-state index is 13.7. The molecule has 38 heavy (non-hydrogen) atoms. The van der Waals surface area contributed by atoms with E-state index in [4.69, 9.17) is 25.8 Å². The third-order valence-corrected chi connectivity index (χ3v) is 7.35. The molecule has 9 heteroatoms. The second-order valence-corrected chi connectivity index (χ2v) is 9.74. The number of hydrogen-bond donors (Lipinski definition) is 0. The predicted molar refractivity (Wildman–Crippen MR) is 143 cm³/mol. The van der Waals surface area contributed by atoms with Crippen LogP contribution in [0.1, 0.15) is 16.1 Å². The fraction of sp³-hybridized carbons (Fsp3) is 0.241. The molecule has 2 aliphatic heterocycles. The van der Waals surface area contributed by atoms with E-state index in [0.717, 1.165) is 34.7 Å². The monoisotopic (exact) mass is 531 g/mol. The van der Waals surface area contributed by atoms with Gasteiger partial charge in [0.15, 0.2) is 11.5 Å². The zero-order chi connectivity index (χ0) is 26.2. The molecule has 6 rings (SSSR count). The number of aromatic nitrogens is 1. The van der Waals surface area contributed by atoms with E-state index >= 15 is 0 Å². The first kappa shape index (κ1) is 24.3. The number of rotatable bonds is 6. The second-order valence-electron chi connectivity index (χ2n) is 9.34. The summed E-state index contributed by atoms with van der Waals surface area (Å²) in [6.45, 7) is 3.27. The molecule has 0 unspecified atom stereocenters. The van der Waals surface area contributed by atoms with E-state index in [9.17, 15) is 9.59 Å². The Labute approximate surface area is 224 Å². The van der Waals surface area contributed by atoms with Gasteiger partial charge in [-0.2, -0.15) is 0 Å². The number of Topliss-reactive ketones (excluding diaryl/α,β-unsaturated/α-hetero) is 1. The van der Waals surface area contributed by atoms with E-state index in [0.29, 0.717) is 48.2 Å². The van der Waals surface area contributed by atoms with E-state index in [2.05, 4.69) is 4.90 Å². The van der Waals surface area contributed by atoms with Gasteiger partial charge in [0.2, 0.25) is 6.79 Å². The molecular formula is C29H26ClN3O5. The first-order valence-corrected chi connectivity index (χ1v) is 12.8. The Morgan fingerprint density at radius 2 is 1.76 bits per heavy atom. The molecule has 2 aromatic heterocycles. The van der Waals surface area contributed by atoms with Crippen LogP contribution < -0.4 is 14.2 Å². The zero-order valence-electron chi connectivity index (χ0n) is 20.9. The largest absolute Gasteiger partial charge is 0.495 e. The summed E-state index contributed by atoms with van der Waals surface area (Å²) in [6, 6.07) is 18.9. The topological polar surface area (TPSA) is 72.7 Å². The summed E-state index contributed by atoms with van der Waals surface area (Å²) in [6.07, 6.45) is 1.80. The number of halogens is 1. The first-order valence-electron chi connectivity index (χ1n) is 12.4. The highest BCUT2D eigenvalue weighted by atomic mass is 35.5. The molecule has 0 saturated carbocycles. The number of amides is 1. The molecular weight excluding hydrogens is 506 g/mol. The number of carbonyl (C=O) groups excluding carboxylic acids is 2. The average Bonchev–Trinajstić information content (AvgIpc) is 3.57. The normalized spacial score (nSPS) is 15.2. The Kier molecular flexibility index (Phi) is 6.43. The zero-order valence-corrected chi connectivity index (χ0v) is 21.6. The number of carbonyl (C=O) groups is 2. The fourth-order valence-electron chi connectivity index (χ4n) is 5.06. The molecule has 4 aromatic rings. The molecule has 1 fully saturated rings. The van der Waals surface area contributed by atoms with Crippen molar-refractivity contribution >= 4 is 28.8 Å². The van der Waals surface area contributed by atoms with Crippen LogP contribution in [0.2, 0.25) is 5.02 Å². The van der Waals surface area contributed by atoms with E-state index in [-0.39, 0.29) is 6.79 Å². The van der Waals surface area contributed by atoms with Gasteiger partial charge in [0.25, 0.3) is 11.7 Å². The third kappa shape index (κ3) is 4.46. The lowest BCUT2D eigenvalue weighted by molar-refractivity contribution is -0.128. The second kappa shape index (κ2) is 10.0. The molecule has 1 amide bonds. The van der Waals surface area contributed by atoms with Gasteiger partial charge in [-0.25, -0.2) is 0 Å². The summed E-state index contributed by atoms with van der Waals surface area (Å²) in [5.41, 5.74) is 3.66. The molecule has 4 heterocycles. The van der Waals surface area contributed by atoms with Crippen molar-refractivity contribution in [1.82, 2.24) is 14.2 Å². The number of benzene rings is 2. The Bertz CT molecular complexity index is 1540. The molecule has 0 atom stereocenters. The van der Waals surface area contributed by atoms with Gasteiger partial charge in [-0.05, 0) is 53.6 Å². The fourth-order valence-corrected chi connectivity index (χ4v) is 5.32. The standard InChI is InChI=1S/C29H26ClN3O5/c1-36-24-8-6-20(15-23(24)30)22-16-21-4-2-3-9-33(21)27(22)28(34)29(35)32-12-10-31(11-13-32)17-19-5-7-25-26(14-19)38-18-37-25/h2-9,14-16H,10-13,17-18H2,1H3. The summed E-state index contributed by atoms with van der Waals surface area (Å²) in [5, 5.41) is 0.434. The smallest absolute Gasteiger partial charge is 0.296 e. The number of ether oxygens (including phenoxy) is 3. The molecule has 0 aliphatic carbocycles. The Morgan fingerprint density at radius 1 is 0.947 bits per heavy atom. The van der Waals surface area contributed by atoms with Crippen LogP contribution in [0.4, 0.5) is 0 Å². The molecule has 1 saturated heterocycles. The van der Waals surface area contributed by atoms with Crippen molar-refractivity contribution in [3.63, 3.8) is 0 Å². The van der Waals surface area contributed by atoms with E-state index in [1.54, 1.807) is 34.7 Å². The molecule has 8 nitrogen and oxygen atoms in total. The quantitative estimate of drug-likeness (QED) is 0.269. The van der Waals surface area contributed by atoms with Crippen molar-refractivity contribution in [2.45, 2.75) is 6.54 Å². The third-order valence-electron chi connectivity index (χ3n) is 7.05. The van der Waals surface area contributed by atoms with Crippen LogP contribution in [0.3, 0.4) is 0 Å². The minimum atomic E-state index is -0.539. The highest BCUT2D eigenvalue weighted by Crippen LogP contribution is 2.35. The molecule has 0 radical (unpaired) electrons. The minimum Gasteiger partial charge on any atom is -0.495 e. The number of nitrogens with zero attached hydrogens (tertiary/aromatic N) is 3. The number of ketones is 1. The van der Waals surface area contributed by atoms with Crippen molar-refractivity contribution in [1.29, 1.82) is 0 Å². The van der Waals surface area contributed by atoms with E-state index < -0.39 is 11.7 Å². The average molecular weight is 532 g/mol. The van der Waals surface area contributed by atoms with Crippen LogP contribution in [-0.4, -0.2) is 66.0 Å². The highest BCUT2D eigenvalue weighted by Gasteiger charge is 2.31. The van der Waals surface area contributed by atoms with E-state index in [1.165, 1.54) is 0 Å². The first-order chi connectivity index (χ1) is 18.5. The van der Waals surface area contributed by atoms with Gasteiger partial charge < -0.3 is 23.5 Å². The molecule has 0 N–H and O–H groups in total. The van der Waals surface area contributed by atoms with Gasteiger partial charge in [0.1, 0.15) is 11.4 Å². The predicted octanol–water partition coefficient (Wildman–Crippen LogP) is 4.52. The van der Waals surface area contributed by atoms with E-state index in [1.807, 2.05) is 48.5 Å². The number of piperazine rings is 1. The van der Waals surface area contributed by atoms with Crippen molar-refractivity contribution in [3.8, 4) is 28.4 Å². The number of hydrogen-bond acceptors (Lipinski definition) is 6. The van der Waals surface area contributed by atoms with Crippen LogP contribution in [0.15, 0.2) is 66.9 Å². The summed E-state index contributed by atoms with van der Waals surface area (Å²) in [5.74, 6) is 1.02. The molecule has 0 bridgehead atoms. The van der Waals surface area contributed by atoms with Crippen LogP contribution in [0.25, 0.3) is 16.6 Å². The molecule has 0 spiro atoms. The van der Waals surface area contributed by atoms with Gasteiger partial charge in [-0.1, -0.05) is 29.8 Å². The Balaban J connectivity index is 1.20. The SMILES string of the molecule is COc1ccc(-c2cc3ccccn3c2C(=O)C(=O)N2CCN(Cc3ccc4c(c3)OCO4)CC2)cc1Cl. The lowest BCUT2D eigenvalue weighted by Gasteiger charge is -2.34. The Morgan fingerprint density at radius 3 is 2.55 bits per heavy atom. The van der Waals surface area contributed by atoms with Crippen LogP contribution in [0.5, 0.6) is 17.2 Å². The van der Waals surface area contributed by atoms with Crippen LogP contribution in [-0.2, 0) is 11.3 Å². The maximum absolute atomic E-state index is 13.7. The lowest BCUT2D eigenvalue weighted by Crippen LogP contribution is -2.50. The molecule has 2 aliphatic rings.